The monoisotopic (exact) mass is 404 g/mol. The molecule has 0 spiro atoms. The number of guanidine groups is 1. The third-order valence-electron chi connectivity index (χ3n) is 3.75. The second kappa shape index (κ2) is 10.6. The van der Waals surface area contributed by atoms with Gasteiger partial charge in [0.15, 0.2) is 5.96 Å². The van der Waals surface area contributed by atoms with Gasteiger partial charge in [-0.15, -0.1) is 0 Å². The molecule has 2 aromatic carbocycles. The van der Waals surface area contributed by atoms with Crippen molar-refractivity contribution in [2.45, 2.75) is 20.4 Å². The van der Waals surface area contributed by atoms with E-state index in [9.17, 15) is 8.42 Å². The van der Waals surface area contributed by atoms with E-state index in [4.69, 9.17) is 4.74 Å². The number of para-hydroxylation sites is 1. The highest BCUT2D eigenvalue weighted by Gasteiger charge is 2.07. The van der Waals surface area contributed by atoms with Crippen LogP contribution in [0.15, 0.2) is 53.5 Å². The molecule has 2 aromatic rings. The van der Waals surface area contributed by atoms with Gasteiger partial charge in [-0.05, 0) is 37.6 Å². The first-order valence-electron chi connectivity index (χ1n) is 9.14. The minimum Gasteiger partial charge on any atom is -0.492 e. The Morgan fingerprint density at radius 3 is 2.46 bits per heavy atom. The summed E-state index contributed by atoms with van der Waals surface area (Å²) in [5, 5.41) is 6.39. The summed E-state index contributed by atoms with van der Waals surface area (Å²) in [6.07, 6.45) is 1.13. The molecule has 0 atom stereocenters. The van der Waals surface area contributed by atoms with Gasteiger partial charge in [0.1, 0.15) is 12.4 Å². The number of hydrogen-bond acceptors (Lipinski definition) is 4. The molecule has 0 aliphatic rings. The van der Waals surface area contributed by atoms with Gasteiger partial charge in [0.05, 0.1) is 25.0 Å². The lowest BCUT2D eigenvalue weighted by Crippen LogP contribution is -2.39. The maximum Gasteiger partial charge on any atom is 0.229 e. The van der Waals surface area contributed by atoms with E-state index < -0.39 is 10.0 Å². The van der Waals surface area contributed by atoms with Crippen LogP contribution in [0, 0.1) is 6.92 Å². The first-order chi connectivity index (χ1) is 13.4. The average Bonchev–Trinajstić information content (AvgIpc) is 2.64. The Morgan fingerprint density at radius 1 is 1.07 bits per heavy atom. The summed E-state index contributed by atoms with van der Waals surface area (Å²) >= 11 is 0. The molecule has 7 nitrogen and oxygen atoms in total. The number of rotatable bonds is 9. The number of sulfonamides is 1. The molecule has 0 aliphatic carbocycles. The molecule has 2 rings (SSSR count). The van der Waals surface area contributed by atoms with Gasteiger partial charge >= 0.3 is 0 Å². The first kappa shape index (κ1) is 21.6. The quantitative estimate of drug-likeness (QED) is 0.339. The van der Waals surface area contributed by atoms with Crippen LogP contribution in [0.1, 0.15) is 18.1 Å². The van der Waals surface area contributed by atoms with Crippen LogP contribution in [-0.2, 0) is 16.6 Å². The number of aliphatic imine (C=N–C) groups is 1. The van der Waals surface area contributed by atoms with Crippen molar-refractivity contribution < 1.29 is 13.2 Å². The molecule has 0 bridgehead atoms. The zero-order chi connectivity index (χ0) is 20.4. The fourth-order valence-corrected chi connectivity index (χ4v) is 3.03. The van der Waals surface area contributed by atoms with Gasteiger partial charge in [-0.1, -0.05) is 35.9 Å². The van der Waals surface area contributed by atoms with E-state index in [1.54, 1.807) is 12.1 Å². The van der Waals surface area contributed by atoms with Crippen LogP contribution in [-0.4, -0.2) is 40.3 Å². The second-order valence-electron chi connectivity index (χ2n) is 6.31. The molecule has 0 unspecified atom stereocenters. The highest BCUT2D eigenvalue weighted by molar-refractivity contribution is 7.92. The van der Waals surface area contributed by atoms with Crippen molar-refractivity contribution >= 4 is 21.7 Å². The van der Waals surface area contributed by atoms with Gasteiger partial charge in [-0.2, -0.15) is 0 Å². The fraction of sp³-hybridized carbons (Fsp3) is 0.350. The van der Waals surface area contributed by atoms with Crippen molar-refractivity contribution in [1.29, 1.82) is 0 Å². The lowest BCUT2D eigenvalue weighted by molar-refractivity contribution is 0.322. The van der Waals surface area contributed by atoms with Crippen LogP contribution < -0.4 is 20.1 Å². The third-order valence-corrected chi connectivity index (χ3v) is 4.34. The SMILES string of the molecule is CCNC(=NCc1ccccc1NS(C)(=O)=O)NCCOc1ccc(C)cc1. The Bertz CT molecular complexity index is 881. The minimum absolute atomic E-state index is 0.340. The standard InChI is InChI=1S/C20H28N4O3S/c1-4-21-20(22-13-14-27-18-11-9-16(2)10-12-18)23-15-17-7-5-6-8-19(17)24-28(3,25)26/h5-12,24H,4,13-15H2,1-3H3,(H2,21,22,23). The molecule has 8 heteroatoms. The van der Waals surface area contributed by atoms with Crippen molar-refractivity contribution in [1.82, 2.24) is 10.6 Å². The summed E-state index contributed by atoms with van der Waals surface area (Å²) in [5.41, 5.74) is 2.52. The highest BCUT2D eigenvalue weighted by atomic mass is 32.2. The number of ether oxygens (including phenoxy) is 1. The smallest absolute Gasteiger partial charge is 0.229 e. The predicted molar refractivity (Wildman–Crippen MR) is 114 cm³/mol. The van der Waals surface area contributed by atoms with Gasteiger partial charge in [-0.3, -0.25) is 4.72 Å². The Labute approximate surface area is 167 Å². The number of aryl methyl sites for hydroxylation is 1. The van der Waals surface area contributed by atoms with Gasteiger partial charge < -0.3 is 15.4 Å². The zero-order valence-corrected chi connectivity index (χ0v) is 17.3. The normalized spacial score (nSPS) is 11.8. The second-order valence-corrected chi connectivity index (χ2v) is 8.06. The van der Waals surface area contributed by atoms with E-state index in [-0.39, 0.29) is 0 Å². The van der Waals surface area contributed by atoms with Crippen LogP contribution in [0.3, 0.4) is 0 Å². The van der Waals surface area contributed by atoms with E-state index in [2.05, 4.69) is 20.3 Å². The molecular weight excluding hydrogens is 376 g/mol. The number of nitrogens with zero attached hydrogens (tertiary/aromatic N) is 1. The average molecular weight is 405 g/mol. The Morgan fingerprint density at radius 2 is 1.79 bits per heavy atom. The summed E-state index contributed by atoms with van der Waals surface area (Å²) in [6, 6.07) is 15.1. The van der Waals surface area contributed by atoms with Gasteiger partial charge in [0.25, 0.3) is 0 Å². The molecule has 0 amide bonds. The third kappa shape index (κ3) is 7.87. The summed E-state index contributed by atoms with van der Waals surface area (Å²) in [5.74, 6) is 1.47. The van der Waals surface area contributed by atoms with Crippen molar-refractivity contribution in [3.8, 4) is 5.75 Å². The topological polar surface area (TPSA) is 91.8 Å². The maximum atomic E-state index is 11.5. The van der Waals surface area contributed by atoms with E-state index in [0.29, 0.717) is 37.9 Å². The molecule has 152 valence electrons. The predicted octanol–water partition coefficient (Wildman–Crippen LogP) is 2.50. The summed E-state index contributed by atoms with van der Waals surface area (Å²) in [7, 11) is -3.34. The van der Waals surface area contributed by atoms with Crippen LogP contribution in [0.5, 0.6) is 5.75 Å². The summed E-state index contributed by atoms with van der Waals surface area (Å²) in [4.78, 5) is 4.53. The lowest BCUT2D eigenvalue weighted by atomic mass is 10.2. The molecule has 0 aromatic heterocycles. The van der Waals surface area contributed by atoms with Crippen LogP contribution in [0.4, 0.5) is 5.69 Å². The minimum atomic E-state index is -3.34. The lowest BCUT2D eigenvalue weighted by Gasteiger charge is -2.13. The van der Waals surface area contributed by atoms with Crippen molar-refractivity contribution in [3.05, 3.63) is 59.7 Å². The van der Waals surface area contributed by atoms with Crippen molar-refractivity contribution in [3.63, 3.8) is 0 Å². The molecular formula is C20H28N4O3S. The first-order valence-corrected chi connectivity index (χ1v) is 11.0. The van der Waals surface area contributed by atoms with Gasteiger partial charge in [-0.25, -0.2) is 13.4 Å². The molecule has 0 heterocycles. The molecule has 0 saturated heterocycles. The molecule has 28 heavy (non-hydrogen) atoms. The number of hydrogen-bond donors (Lipinski definition) is 3. The van der Waals surface area contributed by atoms with Crippen LogP contribution in [0.25, 0.3) is 0 Å². The zero-order valence-electron chi connectivity index (χ0n) is 16.5. The Hall–Kier alpha value is -2.74. The fourth-order valence-electron chi connectivity index (χ4n) is 2.44. The largest absolute Gasteiger partial charge is 0.492 e. The molecule has 0 aliphatic heterocycles. The van der Waals surface area contributed by atoms with Crippen molar-refractivity contribution in [2.75, 3.05) is 30.7 Å². The van der Waals surface area contributed by atoms with Gasteiger partial charge in [0.2, 0.25) is 10.0 Å². The Kier molecular flexibility index (Phi) is 8.13. The summed E-state index contributed by atoms with van der Waals surface area (Å²) in [6.45, 7) is 6.16. The number of nitrogens with one attached hydrogen (secondary N) is 3. The van der Waals surface area contributed by atoms with Crippen LogP contribution >= 0.6 is 0 Å². The highest BCUT2D eigenvalue weighted by Crippen LogP contribution is 2.17. The molecule has 0 saturated carbocycles. The van der Waals surface area contributed by atoms with Crippen LogP contribution in [0.2, 0.25) is 0 Å². The molecule has 0 radical (unpaired) electrons. The van der Waals surface area contributed by atoms with E-state index in [0.717, 1.165) is 17.6 Å². The number of benzene rings is 2. The Balaban J connectivity index is 1.92. The van der Waals surface area contributed by atoms with Gasteiger partial charge in [0, 0.05) is 6.54 Å². The summed E-state index contributed by atoms with van der Waals surface area (Å²) < 4.78 is 31.3. The molecule has 0 fully saturated rings. The van der Waals surface area contributed by atoms with E-state index in [1.807, 2.05) is 50.2 Å². The van der Waals surface area contributed by atoms with E-state index >= 15 is 0 Å². The number of anilines is 1. The van der Waals surface area contributed by atoms with E-state index in [1.165, 1.54) is 5.56 Å². The molecule has 3 N–H and O–H groups in total. The maximum absolute atomic E-state index is 11.5. The van der Waals surface area contributed by atoms with Crippen molar-refractivity contribution in [2.24, 2.45) is 4.99 Å².